The van der Waals surface area contributed by atoms with Crippen LogP contribution in [0.15, 0.2) is 18.2 Å². The molecule has 1 unspecified atom stereocenters. The number of amides is 1. The van der Waals surface area contributed by atoms with Crippen LogP contribution in [-0.2, 0) is 22.7 Å². The second kappa shape index (κ2) is 6.77. The van der Waals surface area contributed by atoms with E-state index in [1.165, 1.54) is 17.0 Å². The van der Waals surface area contributed by atoms with Crippen LogP contribution in [0, 0.1) is 12.7 Å². The second-order valence-electron chi connectivity index (χ2n) is 5.71. The summed E-state index contributed by atoms with van der Waals surface area (Å²) in [5.41, 5.74) is 0.333. The van der Waals surface area contributed by atoms with Gasteiger partial charge in [-0.3, -0.25) is 14.5 Å². The molecule has 25 heavy (non-hydrogen) atoms. The molecule has 0 bridgehead atoms. The molecule has 2 aromatic rings. The van der Waals surface area contributed by atoms with Gasteiger partial charge in [0, 0.05) is 5.69 Å². The molecule has 0 saturated heterocycles. The summed E-state index contributed by atoms with van der Waals surface area (Å²) >= 11 is 5.68. The third kappa shape index (κ3) is 3.62. The molecule has 0 aliphatic carbocycles. The normalized spacial score (nSPS) is 17.2. The number of carbonyl (C=O) groups is 2. The molecule has 1 aliphatic heterocycles. The van der Waals surface area contributed by atoms with Gasteiger partial charge in [0.15, 0.2) is 0 Å². The molecule has 0 radical (unpaired) electrons. The monoisotopic (exact) mass is 367 g/mol. The van der Waals surface area contributed by atoms with Gasteiger partial charge >= 0.3 is 5.97 Å². The summed E-state index contributed by atoms with van der Waals surface area (Å²) in [6.45, 7) is 1.95. The van der Waals surface area contributed by atoms with E-state index in [9.17, 15) is 19.1 Å². The lowest BCUT2D eigenvalue weighted by atomic mass is 10.2. The van der Waals surface area contributed by atoms with Crippen molar-refractivity contribution in [3.63, 3.8) is 0 Å². The Morgan fingerprint density at radius 1 is 1.44 bits per heavy atom. The molecule has 1 atom stereocenters. The maximum atomic E-state index is 13.2. The predicted molar refractivity (Wildman–Crippen MR) is 86.6 cm³/mol. The van der Waals surface area contributed by atoms with Crippen molar-refractivity contribution in [3.8, 4) is 0 Å². The summed E-state index contributed by atoms with van der Waals surface area (Å²) < 4.78 is 14.9. The standard InChI is InChI=1S/C15H15ClFN5O3/c1-8-19-20-13-6-21(12(15(24)25)5-22(8)13)7-14(23)18-9-2-3-11(17)10(16)4-9/h2-4,12H,5-7H2,1H3,(H,18,23)(H,24,25). The molecule has 1 amide bonds. The van der Waals surface area contributed by atoms with E-state index in [-0.39, 0.29) is 24.7 Å². The lowest BCUT2D eigenvalue weighted by Gasteiger charge is -2.32. The maximum absolute atomic E-state index is 13.2. The minimum atomic E-state index is -1.03. The molecule has 10 heteroatoms. The summed E-state index contributed by atoms with van der Waals surface area (Å²) in [5, 5.41) is 19.8. The van der Waals surface area contributed by atoms with E-state index in [0.29, 0.717) is 17.3 Å². The van der Waals surface area contributed by atoms with Crippen LogP contribution in [0.5, 0.6) is 0 Å². The number of halogens is 2. The van der Waals surface area contributed by atoms with Gasteiger partial charge in [0.25, 0.3) is 0 Å². The quantitative estimate of drug-likeness (QED) is 0.844. The number of carbonyl (C=O) groups excluding carboxylic acids is 1. The number of aryl methyl sites for hydroxylation is 1. The van der Waals surface area contributed by atoms with E-state index in [2.05, 4.69) is 15.5 Å². The lowest BCUT2D eigenvalue weighted by Crippen LogP contribution is -2.50. The minimum absolute atomic E-state index is 0.109. The van der Waals surface area contributed by atoms with E-state index >= 15 is 0 Å². The van der Waals surface area contributed by atoms with Gasteiger partial charge in [-0.2, -0.15) is 0 Å². The Kier molecular flexibility index (Phi) is 4.69. The number of anilines is 1. The molecule has 132 valence electrons. The average Bonchev–Trinajstić information content (AvgIpc) is 2.90. The van der Waals surface area contributed by atoms with Gasteiger partial charge in [-0.25, -0.2) is 4.39 Å². The fourth-order valence-electron chi connectivity index (χ4n) is 2.72. The smallest absolute Gasteiger partial charge is 0.322 e. The average molecular weight is 368 g/mol. The largest absolute Gasteiger partial charge is 0.480 e. The van der Waals surface area contributed by atoms with E-state index in [0.717, 1.165) is 6.07 Å². The number of aromatic nitrogens is 3. The zero-order chi connectivity index (χ0) is 18.1. The van der Waals surface area contributed by atoms with Crippen LogP contribution in [0.4, 0.5) is 10.1 Å². The number of rotatable bonds is 4. The van der Waals surface area contributed by atoms with Gasteiger partial charge in [-0.15, -0.1) is 10.2 Å². The summed E-state index contributed by atoms with van der Waals surface area (Å²) in [6.07, 6.45) is 0. The Morgan fingerprint density at radius 3 is 2.88 bits per heavy atom. The number of nitrogens with one attached hydrogen (secondary N) is 1. The number of hydrogen-bond acceptors (Lipinski definition) is 5. The summed E-state index contributed by atoms with van der Waals surface area (Å²) in [5.74, 6) is -0.815. The summed E-state index contributed by atoms with van der Waals surface area (Å²) in [4.78, 5) is 25.3. The van der Waals surface area contributed by atoms with Crippen LogP contribution in [0.2, 0.25) is 5.02 Å². The van der Waals surface area contributed by atoms with Crippen molar-refractivity contribution in [2.75, 3.05) is 11.9 Å². The van der Waals surface area contributed by atoms with Gasteiger partial charge in [0.05, 0.1) is 24.7 Å². The Morgan fingerprint density at radius 2 is 2.20 bits per heavy atom. The zero-order valence-electron chi connectivity index (χ0n) is 13.2. The SMILES string of the molecule is Cc1nnc2n1CC(C(=O)O)N(CC(=O)Nc1ccc(F)c(Cl)c1)C2. The first-order valence-electron chi connectivity index (χ1n) is 7.45. The molecule has 8 nitrogen and oxygen atoms in total. The van der Waals surface area contributed by atoms with Crippen molar-refractivity contribution >= 4 is 29.2 Å². The highest BCUT2D eigenvalue weighted by Gasteiger charge is 2.34. The molecule has 0 fully saturated rings. The summed E-state index contributed by atoms with van der Waals surface area (Å²) in [7, 11) is 0. The number of benzene rings is 1. The molecule has 1 aromatic carbocycles. The van der Waals surface area contributed by atoms with Crippen molar-refractivity contribution in [1.29, 1.82) is 0 Å². The van der Waals surface area contributed by atoms with E-state index in [1.54, 1.807) is 11.5 Å². The Labute approximate surface area is 147 Å². The van der Waals surface area contributed by atoms with Gasteiger partial charge in [0.2, 0.25) is 5.91 Å². The first kappa shape index (κ1) is 17.3. The Bertz CT molecular complexity index is 841. The third-order valence-corrected chi connectivity index (χ3v) is 4.28. The second-order valence-corrected chi connectivity index (χ2v) is 6.12. The summed E-state index contributed by atoms with van der Waals surface area (Å²) in [6, 6.07) is 2.94. The molecule has 2 heterocycles. The molecule has 3 rings (SSSR count). The van der Waals surface area contributed by atoms with Crippen molar-refractivity contribution in [2.45, 2.75) is 26.1 Å². The topological polar surface area (TPSA) is 100 Å². The zero-order valence-corrected chi connectivity index (χ0v) is 14.0. The van der Waals surface area contributed by atoms with Gasteiger partial charge in [-0.1, -0.05) is 11.6 Å². The van der Waals surface area contributed by atoms with Gasteiger partial charge in [-0.05, 0) is 25.1 Å². The first-order valence-corrected chi connectivity index (χ1v) is 7.83. The third-order valence-electron chi connectivity index (χ3n) is 3.99. The molecule has 0 spiro atoms. The minimum Gasteiger partial charge on any atom is -0.480 e. The molecule has 1 aliphatic rings. The number of carboxylic acid groups (broad SMARTS) is 1. The van der Waals surface area contributed by atoms with Crippen LogP contribution in [-0.4, -0.2) is 49.2 Å². The number of nitrogens with zero attached hydrogens (tertiary/aromatic N) is 4. The van der Waals surface area contributed by atoms with Gasteiger partial charge in [0.1, 0.15) is 23.5 Å². The highest BCUT2D eigenvalue weighted by atomic mass is 35.5. The number of fused-ring (bicyclic) bond motifs is 1. The van der Waals surface area contributed by atoms with Crippen LogP contribution in [0.1, 0.15) is 11.6 Å². The molecular formula is C15H15ClFN5O3. The number of carboxylic acids is 1. The van der Waals surface area contributed by atoms with E-state index in [4.69, 9.17) is 11.6 Å². The molecule has 2 N–H and O–H groups in total. The Balaban J connectivity index is 1.72. The van der Waals surface area contributed by atoms with Crippen LogP contribution in [0.25, 0.3) is 0 Å². The Hall–Kier alpha value is -2.52. The molecule has 0 saturated carbocycles. The highest BCUT2D eigenvalue weighted by Crippen LogP contribution is 2.20. The highest BCUT2D eigenvalue weighted by molar-refractivity contribution is 6.31. The molecular weight excluding hydrogens is 353 g/mol. The van der Waals surface area contributed by atoms with Crippen LogP contribution < -0.4 is 5.32 Å². The van der Waals surface area contributed by atoms with E-state index in [1.807, 2.05) is 0 Å². The fraction of sp³-hybridized carbons (Fsp3) is 0.333. The lowest BCUT2D eigenvalue weighted by molar-refractivity contribution is -0.145. The predicted octanol–water partition coefficient (Wildman–Crippen LogP) is 1.29. The van der Waals surface area contributed by atoms with Crippen LogP contribution in [0.3, 0.4) is 0 Å². The number of hydrogen-bond donors (Lipinski definition) is 2. The fourth-order valence-corrected chi connectivity index (χ4v) is 2.90. The molecule has 1 aromatic heterocycles. The van der Waals surface area contributed by atoms with Crippen molar-refractivity contribution in [1.82, 2.24) is 19.7 Å². The van der Waals surface area contributed by atoms with Crippen molar-refractivity contribution < 1.29 is 19.1 Å². The van der Waals surface area contributed by atoms with Crippen molar-refractivity contribution in [3.05, 3.63) is 40.7 Å². The van der Waals surface area contributed by atoms with Crippen molar-refractivity contribution in [2.24, 2.45) is 0 Å². The van der Waals surface area contributed by atoms with Crippen LogP contribution >= 0.6 is 11.6 Å². The van der Waals surface area contributed by atoms with Gasteiger partial charge < -0.3 is 15.0 Å². The maximum Gasteiger partial charge on any atom is 0.322 e. The number of aliphatic carboxylic acids is 1. The first-order chi connectivity index (χ1) is 11.8. The van der Waals surface area contributed by atoms with E-state index < -0.39 is 23.7 Å².